The first kappa shape index (κ1) is 12.8. The van der Waals surface area contributed by atoms with Crippen LogP contribution in [0.5, 0.6) is 0 Å². The van der Waals surface area contributed by atoms with Gasteiger partial charge in [0.15, 0.2) is 0 Å². The molecule has 1 aromatic rings. The van der Waals surface area contributed by atoms with Crippen molar-refractivity contribution in [3.05, 3.63) is 23.5 Å². The third-order valence-corrected chi connectivity index (χ3v) is 5.48. The fraction of sp³-hybridized carbons (Fsp3) is 0.545. The van der Waals surface area contributed by atoms with Gasteiger partial charge in [-0.1, -0.05) is 18.5 Å². The number of halogens is 1. The zero-order chi connectivity index (χ0) is 12.6. The third kappa shape index (κ3) is 2.61. The van der Waals surface area contributed by atoms with Crippen molar-refractivity contribution in [2.45, 2.75) is 18.2 Å². The summed E-state index contributed by atoms with van der Waals surface area (Å²) in [5, 5.41) is 0.218. The molecule has 0 bridgehead atoms. The molecule has 1 aromatic heterocycles. The first-order valence-corrected chi connectivity index (χ1v) is 7.30. The highest BCUT2D eigenvalue weighted by molar-refractivity contribution is 7.89. The van der Waals surface area contributed by atoms with E-state index in [-0.39, 0.29) is 9.92 Å². The third-order valence-electron chi connectivity index (χ3n) is 3.19. The minimum atomic E-state index is -3.51. The minimum absolute atomic E-state index is 0.0810. The van der Waals surface area contributed by atoms with Crippen molar-refractivity contribution in [2.75, 3.05) is 13.6 Å². The molecule has 1 saturated carbocycles. The summed E-state index contributed by atoms with van der Waals surface area (Å²) in [6.07, 6.45) is 3.87. The van der Waals surface area contributed by atoms with Crippen molar-refractivity contribution < 1.29 is 8.42 Å². The number of hydrogen-bond acceptors (Lipinski definition) is 3. The lowest BCUT2D eigenvalue weighted by molar-refractivity contribution is 0.444. The molecule has 0 saturated heterocycles. The Kier molecular flexibility index (Phi) is 3.43. The Bertz CT molecular complexity index is 518. The zero-order valence-electron chi connectivity index (χ0n) is 9.80. The van der Waals surface area contributed by atoms with E-state index >= 15 is 0 Å². The second-order valence-corrected chi connectivity index (χ2v) is 6.99. The lowest BCUT2D eigenvalue weighted by Crippen LogP contribution is -2.29. The smallest absolute Gasteiger partial charge is 0.245 e. The van der Waals surface area contributed by atoms with E-state index in [1.165, 1.54) is 22.8 Å². The highest BCUT2D eigenvalue weighted by atomic mass is 35.5. The van der Waals surface area contributed by atoms with Gasteiger partial charge in [-0.25, -0.2) is 12.7 Å². The molecule has 2 atom stereocenters. The highest BCUT2D eigenvalue weighted by Crippen LogP contribution is 2.39. The van der Waals surface area contributed by atoms with Crippen LogP contribution in [0.4, 0.5) is 0 Å². The molecule has 0 amide bonds. The molecule has 0 aliphatic heterocycles. The van der Waals surface area contributed by atoms with Crippen molar-refractivity contribution in [3.8, 4) is 0 Å². The predicted octanol–water partition coefficient (Wildman–Crippen LogP) is 2.01. The zero-order valence-corrected chi connectivity index (χ0v) is 11.4. The summed E-state index contributed by atoms with van der Waals surface area (Å²) in [6, 6.07) is 1.49. The Morgan fingerprint density at radius 1 is 1.59 bits per heavy atom. The van der Waals surface area contributed by atoms with Gasteiger partial charge in [0.1, 0.15) is 4.90 Å². The molecular formula is C11H15ClN2O2S. The average molecular weight is 275 g/mol. The standard InChI is InChI=1S/C11H15ClN2O2S/c1-8-5-9(8)7-14(2)17(15,16)11-6-13-4-3-10(11)12/h3-4,6,8-9H,5,7H2,1-2H3. The molecule has 1 aliphatic carbocycles. The molecule has 94 valence electrons. The molecule has 4 nitrogen and oxygen atoms in total. The summed E-state index contributed by atoms with van der Waals surface area (Å²) >= 11 is 5.89. The maximum absolute atomic E-state index is 12.2. The predicted molar refractivity (Wildman–Crippen MR) is 66.3 cm³/mol. The van der Waals surface area contributed by atoms with Gasteiger partial charge in [0.05, 0.1) is 5.02 Å². The highest BCUT2D eigenvalue weighted by Gasteiger charge is 2.36. The average Bonchev–Trinajstić information content (AvgIpc) is 2.94. The van der Waals surface area contributed by atoms with Crippen LogP contribution < -0.4 is 0 Å². The van der Waals surface area contributed by atoms with E-state index in [9.17, 15) is 8.42 Å². The van der Waals surface area contributed by atoms with Gasteiger partial charge >= 0.3 is 0 Å². The van der Waals surface area contributed by atoms with Crippen LogP contribution in [-0.4, -0.2) is 31.3 Å². The molecule has 0 spiro atoms. The summed E-state index contributed by atoms with van der Waals surface area (Å²) in [7, 11) is -1.92. The van der Waals surface area contributed by atoms with E-state index in [2.05, 4.69) is 11.9 Å². The molecule has 2 unspecified atom stereocenters. The Labute approximate surface area is 107 Å². The molecule has 2 rings (SSSR count). The molecular weight excluding hydrogens is 260 g/mol. The molecule has 17 heavy (non-hydrogen) atoms. The molecule has 1 aliphatic rings. The second-order valence-electron chi connectivity index (χ2n) is 4.56. The van der Waals surface area contributed by atoms with E-state index in [0.29, 0.717) is 18.4 Å². The molecule has 0 aromatic carbocycles. The fourth-order valence-electron chi connectivity index (χ4n) is 1.80. The number of rotatable bonds is 4. The van der Waals surface area contributed by atoms with Crippen LogP contribution in [0.25, 0.3) is 0 Å². The van der Waals surface area contributed by atoms with Crippen LogP contribution in [-0.2, 0) is 10.0 Å². The first-order valence-electron chi connectivity index (χ1n) is 5.48. The van der Waals surface area contributed by atoms with Crippen molar-refractivity contribution in [2.24, 2.45) is 11.8 Å². The number of hydrogen-bond donors (Lipinski definition) is 0. The van der Waals surface area contributed by atoms with Crippen LogP contribution >= 0.6 is 11.6 Å². The van der Waals surface area contributed by atoms with Crippen molar-refractivity contribution >= 4 is 21.6 Å². The maximum atomic E-state index is 12.2. The van der Waals surface area contributed by atoms with Crippen molar-refractivity contribution in [3.63, 3.8) is 0 Å². The SMILES string of the molecule is CC1CC1CN(C)S(=O)(=O)c1cnccc1Cl. The topological polar surface area (TPSA) is 50.3 Å². The summed E-state index contributed by atoms with van der Waals surface area (Å²) in [6.45, 7) is 2.68. The van der Waals surface area contributed by atoms with Gasteiger partial charge in [0.25, 0.3) is 0 Å². The van der Waals surface area contributed by atoms with Crippen LogP contribution in [0, 0.1) is 11.8 Å². The van der Waals surface area contributed by atoms with E-state index in [1.807, 2.05) is 0 Å². The Balaban J connectivity index is 2.21. The number of aromatic nitrogens is 1. The van der Waals surface area contributed by atoms with E-state index in [0.717, 1.165) is 6.42 Å². The van der Waals surface area contributed by atoms with Crippen LogP contribution in [0.2, 0.25) is 5.02 Å². The second kappa shape index (κ2) is 4.55. The van der Waals surface area contributed by atoms with Crippen molar-refractivity contribution in [1.29, 1.82) is 0 Å². The van der Waals surface area contributed by atoms with Crippen molar-refractivity contribution in [1.82, 2.24) is 9.29 Å². The quantitative estimate of drug-likeness (QED) is 0.844. The summed E-state index contributed by atoms with van der Waals surface area (Å²) < 4.78 is 25.8. The number of nitrogens with zero attached hydrogens (tertiary/aromatic N) is 2. The molecule has 6 heteroatoms. The van der Waals surface area contributed by atoms with Crippen LogP contribution in [0.15, 0.2) is 23.4 Å². The first-order chi connectivity index (χ1) is 7.93. The van der Waals surface area contributed by atoms with Gasteiger partial charge in [0, 0.05) is 26.0 Å². The largest absolute Gasteiger partial charge is 0.263 e. The molecule has 1 heterocycles. The van der Waals surface area contributed by atoms with Crippen LogP contribution in [0.1, 0.15) is 13.3 Å². The van der Waals surface area contributed by atoms with Gasteiger partial charge in [0.2, 0.25) is 10.0 Å². The van der Waals surface area contributed by atoms with Gasteiger partial charge in [-0.15, -0.1) is 0 Å². The lowest BCUT2D eigenvalue weighted by atomic mass is 10.3. The van der Waals surface area contributed by atoms with Gasteiger partial charge < -0.3 is 0 Å². The summed E-state index contributed by atoms with van der Waals surface area (Å²) in [5.74, 6) is 1.10. The maximum Gasteiger partial charge on any atom is 0.245 e. The number of pyridine rings is 1. The van der Waals surface area contributed by atoms with Crippen LogP contribution in [0.3, 0.4) is 0 Å². The lowest BCUT2D eigenvalue weighted by Gasteiger charge is -2.17. The molecule has 0 N–H and O–H groups in total. The number of sulfonamides is 1. The van der Waals surface area contributed by atoms with E-state index in [1.54, 1.807) is 7.05 Å². The van der Waals surface area contributed by atoms with E-state index < -0.39 is 10.0 Å². The molecule has 1 fully saturated rings. The Morgan fingerprint density at radius 2 is 2.24 bits per heavy atom. The minimum Gasteiger partial charge on any atom is -0.263 e. The molecule has 0 radical (unpaired) electrons. The van der Waals surface area contributed by atoms with E-state index in [4.69, 9.17) is 11.6 Å². The Morgan fingerprint density at radius 3 is 2.76 bits per heavy atom. The summed E-state index contributed by atoms with van der Waals surface area (Å²) in [4.78, 5) is 3.89. The summed E-state index contributed by atoms with van der Waals surface area (Å²) in [5.41, 5.74) is 0. The van der Waals surface area contributed by atoms with Gasteiger partial charge in [-0.2, -0.15) is 0 Å². The Hall–Kier alpha value is -0.650. The normalized spacial score (nSPS) is 24.0. The van der Waals surface area contributed by atoms with Gasteiger partial charge in [-0.05, 0) is 24.3 Å². The van der Waals surface area contributed by atoms with Gasteiger partial charge in [-0.3, -0.25) is 4.98 Å². The monoisotopic (exact) mass is 274 g/mol. The fourth-order valence-corrected chi connectivity index (χ4v) is 3.43.